The van der Waals surface area contributed by atoms with E-state index in [1.54, 1.807) is 24.3 Å². The number of halogens is 1. The lowest BCUT2D eigenvalue weighted by molar-refractivity contribution is 0.475. The molecule has 0 amide bonds. The Morgan fingerprint density at radius 3 is 1.53 bits per heavy atom. The van der Waals surface area contributed by atoms with E-state index in [2.05, 4.69) is 5.32 Å². The number of nitrogens with one attached hydrogen (secondary N) is 1. The van der Waals surface area contributed by atoms with Gasteiger partial charge < -0.3 is 15.5 Å². The average molecular weight is 324 g/mol. The summed E-state index contributed by atoms with van der Waals surface area (Å²) in [6.45, 7) is 0.801. The first-order valence-corrected chi connectivity index (χ1v) is 5.93. The Kier molecular flexibility index (Phi) is 5.86. The molecule has 0 spiro atoms. The minimum absolute atomic E-state index is 0. The van der Waals surface area contributed by atoms with E-state index in [1.807, 2.05) is 31.3 Å². The molecule has 102 valence electrons. The molecule has 0 unspecified atom stereocenters. The van der Waals surface area contributed by atoms with Crippen LogP contribution < -0.4 is 5.32 Å². The van der Waals surface area contributed by atoms with Gasteiger partial charge >= 0.3 is 0 Å². The minimum Gasteiger partial charge on any atom is -0.508 e. The molecule has 0 saturated heterocycles. The Labute approximate surface area is 123 Å². The second kappa shape index (κ2) is 7.16. The summed E-state index contributed by atoms with van der Waals surface area (Å²) >= 11 is 0. The van der Waals surface area contributed by atoms with Crippen molar-refractivity contribution in [1.29, 1.82) is 0 Å². The van der Waals surface area contributed by atoms with E-state index >= 15 is 0 Å². The summed E-state index contributed by atoms with van der Waals surface area (Å²) in [7, 11) is 1.91. The fourth-order valence-electron chi connectivity index (χ4n) is 2.05. The number of aromatic hydroxyl groups is 2. The van der Waals surface area contributed by atoms with E-state index in [0.717, 1.165) is 17.7 Å². The summed E-state index contributed by atoms with van der Waals surface area (Å²) in [5.74, 6) is 0.747. The zero-order valence-corrected chi connectivity index (χ0v) is 12.4. The molecule has 0 aliphatic heterocycles. The minimum atomic E-state index is 0. The van der Waals surface area contributed by atoms with Gasteiger partial charge in [0.25, 0.3) is 0 Å². The molecule has 0 fully saturated rings. The van der Waals surface area contributed by atoms with Crippen molar-refractivity contribution >= 4 is 17.0 Å². The van der Waals surface area contributed by atoms with Gasteiger partial charge in [0.15, 0.2) is 0 Å². The van der Waals surface area contributed by atoms with Gasteiger partial charge in [-0.15, -0.1) is 17.0 Å². The Balaban J connectivity index is 0.00000180. The second-order valence-corrected chi connectivity index (χ2v) is 4.29. The van der Waals surface area contributed by atoms with Crippen molar-refractivity contribution in [2.45, 2.75) is 5.92 Å². The van der Waals surface area contributed by atoms with Crippen LogP contribution in [-0.4, -0.2) is 23.8 Å². The van der Waals surface area contributed by atoms with Crippen LogP contribution in [0.25, 0.3) is 0 Å². The Bertz CT molecular complexity index is 451. The Morgan fingerprint density at radius 1 is 0.842 bits per heavy atom. The summed E-state index contributed by atoms with van der Waals surface area (Å²) < 4.78 is 0. The van der Waals surface area contributed by atoms with Crippen molar-refractivity contribution in [3.8, 4) is 11.5 Å². The smallest absolute Gasteiger partial charge is 0.115 e. The predicted molar refractivity (Wildman–Crippen MR) is 82.3 cm³/mol. The van der Waals surface area contributed by atoms with Gasteiger partial charge in [-0.25, -0.2) is 0 Å². The van der Waals surface area contributed by atoms with Crippen LogP contribution in [0.5, 0.6) is 11.5 Å². The molecule has 0 bridgehead atoms. The van der Waals surface area contributed by atoms with Crippen LogP contribution in [-0.2, 0) is 0 Å². The molecule has 0 atom stereocenters. The van der Waals surface area contributed by atoms with Crippen LogP contribution in [0.1, 0.15) is 17.0 Å². The van der Waals surface area contributed by atoms with Crippen molar-refractivity contribution in [1.82, 2.24) is 5.32 Å². The fourth-order valence-corrected chi connectivity index (χ4v) is 2.05. The lowest BCUT2D eigenvalue weighted by atomic mass is 9.91. The highest BCUT2D eigenvalue weighted by molar-refractivity contribution is 8.93. The highest BCUT2D eigenvalue weighted by Crippen LogP contribution is 2.26. The molecule has 0 aliphatic carbocycles. The van der Waals surface area contributed by atoms with Gasteiger partial charge in [-0.05, 0) is 42.4 Å². The predicted octanol–water partition coefficient (Wildman–Crippen LogP) is 3.03. The molecule has 0 heterocycles. The third-order valence-electron chi connectivity index (χ3n) is 3.00. The van der Waals surface area contributed by atoms with Crippen molar-refractivity contribution < 1.29 is 10.2 Å². The molecule has 0 aromatic heterocycles. The molecule has 2 aromatic carbocycles. The first-order chi connectivity index (χ1) is 8.70. The highest BCUT2D eigenvalue weighted by atomic mass is 79.9. The van der Waals surface area contributed by atoms with Gasteiger partial charge in [-0.3, -0.25) is 0 Å². The van der Waals surface area contributed by atoms with E-state index in [1.165, 1.54) is 0 Å². The first kappa shape index (κ1) is 15.5. The average Bonchev–Trinajstić information content (AvgIpc) is 2.39. The molecule has 0 radical (unpaired) electrons. The first-order valence-electron chi connectivity index (χ1n) is 5.93. The molecule has 4 heteroatoms. The van der Waals surface area contributed by atoms with Crippen molar-refractivity contribution in [3.05, 3.63) is 59.7 Å². The molecular formula is C15H18BrNO2. The molecule has 3 N–H and O–H groups in total. The third kappa shape index (κ3) is 3.98. The number of phenols is 2. The Morgan fingerprint density at radius 2 is 1.21 bits per heavy atom. The SMILES string of the molecule is Br.CNCC(c1ccc(O)cc1)c1ccc(O)cc1. The quantitative estimate of drug-likeness (QED) is 0.810. The van der Waals surface area contributed by atoms with Crippen LogP contribution in [0, 0.1) is 0 Å². The summed E-state index contributed by atoms with van der Waals surface area (Å²) in [6, 6.07) is 14.5. The third-order valence-corrected chi connectivity index (χ3v) is 3.00. The van der Waals surface area contributed by atoms with Gasteiger partial charge in [-0.1, -0.05) is 24.3 Å². The topological polar surface area (TPSA) is 52.5 Å². The van der Waals surface area contributed by atoms with E-state index in [-0.39, 0.29) is 34.4 Å². The van der Waals surface area contributed by atoms with Crippen molar-refractivity contribution in [2.75, 3.05) is 13.6 Å². The number of rotatable bonds is 4. The maximum absolute atomic E-state index is 9.33. The molecule has 19 heavy (non-hydrogen) atoms. The summed E-state index contributed by atoms with van der Waals surface area (Å²) in [5.41, 5.74) is 2.26. The number of hydrogen-bond donors (Lipinski definition) is 3. The zero-order valence-electron chi connectivity index (χ0n) is 10.7. The lowest BCUT2D eigenvalue weighted by Crippen LogP contribution is -2.18. The standard InChI is InChI=1S/C15H17NO2.BrH/c1-16-10-15(11-2-6-13(17)7-3-11)12-4-8-14(18)9-5-12;/h2-9,15-18H,10H2,1H3;1H. The molecule has 0 saturated carbocycles. The Hall–Kier alpha value is -1.52. The molecule has 0 aliphatic rings. The lowest BCUT2D eigenvalue weighted by Gasteiger charge is -2.17. The fraction of sp³-hybridized carbons (Fsp3) is 0.200. The zero-order chi connectivity index (χ0) is 13.0. The van der Waals surface area contributed by atoms with E-state index in [4.69, 9.17) is 0 Å². The van der Waals surface area contributed by atoms with Crippen molar-refractivity contribution in [3.63, 3.8) is 0 Å². The summed E-state index contributed by atoms with van der Waals surface area (Å²) in [6.07, 6.45) is 0. The molecular weight excluding hydrogens is 306 g/mol. The van der Waals surface area contributed by atoms with E-state index in [0.29, 0.717) is 0 Å². The summed E-state index contributed by atoms with van der Waals surface area (Å²) in [4.78, 5) is 0. The molecule has 2 aromatic rings. The van der Waals surface area contributed by atoms with Crippen molar-refractivity contribution in [2.24, 2.45) is 0 Å². The van der Waals surface area contributed by atoms with Crippen LogP contribution in [0.2, 0.25) is 0 Å². The molecule has 3 nitrogen and oxygen atoms in total. The van der Waals surface area contributed by atoms with Crippen LogP contribution >= 0.6 is 17.0 Å². The number of phenolic OH excluding ortho intramolecular Hbond substituents is 2. The van der Waals surface area contributed by atoms with Gasteiger partial charge in [-0.2, -0.15) is 0 Å². The summed E-state index contributed by atoms with van der Waals surface area (Å²) in [5, 5.41) is 21.8. The molecule has 2 rings (SSSR count). The number of benzene rings is 2. The van der Waals surface area contributed by atoms with Crippen LogP contribution in [0.15, 0.2) is 48.5 Å². The maximum atomic E-state index is 9.33. The monoisotopic (exact) mass is 323 g/mol. The second-order valence-electron chi connectivity index (χ2n) is 4.29. The number of hydrogen-bond acceptors (Lipinski definition) is 3. The van der Waals surface area contributed by atoms with Gasteiger partial charge in [0, 0.05) is 12.5 Å². The van der Waals surface area contributed by atoms with Gasteiger partial charge in [0.2, 0.25) is 0 Å². The van der Waals surface area contributed by atoms with Gasteiger partial charge in [0.05, 0.1) is 0 Å². The van der Waals surface area contributed by atoms with Crippen LogP contribution in [0.4, 0.5) is 0 Å². The van der Waals surface area contributed by atoms with Gasteiger partial charge in [0.1, 0.15) is 11.5 Å². The highest BCUT2D eigenvalue weighted by Gasteiger charge is 2.13. The normalized spacial score (nSPS) is 10.2. The van der Waals surface area contributed by atoms with E-state index < -0.39 is 0 Å². The number of likely N-dealkylation sites (N-methyl/N-ethyl adjacent to an activating group) is 1. The largest absolute Gasteiger partial charge is 0.508 e. The van der Waals surface area contributed by atoms with Crippen LogP contribution in [0.3, 0.4) is 0 Å². The van der Waals surface area contributed by atoms with E-state index in [9.17, 15) is 10.2 Å². The maximum Gasteiger partial charge on any atom is 0.115 e.